The summed E-state index contributed by atoms with van der Waals surface area (Å²) in [6, 6.07) is 10.4. The third kappa shape index (κ3) is 4.33. The van der Waals surface area contributed by atoms with Crippen LogP contribution in [0.1, 0.15) is 29.8 Å². The van der Waals surface area contributed by atoms with Crippen LogP contribution >= 0.6 is 50.1 Å². The number of ether oxygens (including phenoxy) is 1. The highest BCUT2D eigenvalue weighted by Crippen LogP contribution is 2.36. The van der Waals surface area contributed by atoms with Gasteiger partial charge in [0.25, 0.3) is 0 Å². The summed E-state index contributed by atoms with van der Waals surface area (Å²) in [5.41, 5.74) is 1.84. The van der Waals surface area contributed by atoms with Gasteiger partial charge in [-0.15, -0.1) is 11.6 Å². The van der Waals surface area contributed by atoms with Crippen molar-refractivity contribution >= 4 is 50.1 Å². The molecule has 1 nitrogen and oxygen atoms in total. The second-order valence-corrected chi connectivity index (χ2v) is 7.02. The van der Waals surface area contributed by atoms with Gasteiger partial charge in [-0.1, -0.05) is 19.1 Å². The largest absolute Gasteiger partial charge is 0.492 e. The minimum absolute atomic E-state index is 0.253. The molecule has 0 aliphatic heterocycles. The molecule has 112 valence electrons. The van der Waals surface area contributed by atoms with E-state index in [1.165, 1.54) is 12.1 Å². The predicted octanol–water partition coefficient (Wildman–Crippen LogP) is 6.31. The lowest BCUT2D eigenvalue weighted by atomic mass is 10.0. The van der Waals surface area contributed by atoms with Crippen molar-refractivity contribution in [1.82, 2.24) is 0 Å². The van der Waals surface area contributed by atoms with Crippen LogP contribution in [0.5, 0.6) is 5.75 Å². The summed E-state index contributed by atoms with van der Waals surface area (Å²) in [5.74, 6) is 0.551. The Bertz CT molecular complexity index is 636. The summed E-state index contributed by atoms with van der Waals surface area (Å²) < 4.78 is 20.5. The van der Waals surface area contributed by atoms with Crippen LogP contribution in [0.15, 0.2) is 40.9 Å². The van der Waals surface area contributed by atoms with Crippen molar-refractivity contribution in [3.8, 4) is 5.75 Å². The molecule has 1 atom stereocenters. The second-order valence-electron chi connectivity index (χ2n) is 4.57. The van der Waals surface area contributed by atoms with Gasteiger partial charge in [-0.05, 0) is 80.3 Å². The molecular weight excluding hydrogens is 469 g/mol. The summed E-state index contributed by atoms with van der Waals surface area (Å²) in [6.07, 6.45) is 0.958. The van der Waals surface area contributed by atoms with Gasteiger partial charge < -0.3 is 4.74 Å². The highest BCUT2D eigenvalue weighted by Gasteiger charge is 2.16. The Morgan fingerprint density at radius 2 is 2.05 bits per heavy atom. The van der Waals surface area contributed by atoms with Crippen molar-refractivity contribution in [3.05, 3.63) is 61.4 Å². The van der Waals surface area contributed by atoms with Crippen molar-refractivity contribution in [1.29, 1.82) is 0 Å². The van der Waals surface area contributed by atoms with Crippen molar-refractivity contribution in [2.24, 2.45) is 0 Å². The van der Waals surface area contributed by atoms with Crippen LogP contribution in [0.25, 0.3) is 0 Å². The Labute approximate surface area is 151 Å². The number of halogens is 4. The normalized spacial score (nSPS) is 12.2. The Hall–Kier alpha value is -0.330. The van der Waals surface area contributed by atoms with E-state index in [1.807, 2.05) is 18.2 Å². The van der Waals surface area contributed by atoms with Crippen molar-refractivity contribution in [3.63, 3.8) is 0 Å². The molecule has 0 aliphatic rings. The van der Waals surface area contributed by atoms with E-state index >= 15 is 0 Å². The molecule has 0 aliphatic carbocycles. The van der Waals surface area contributed by atoms with Crippen molar-refractivity contribution < 1.29 is 9.13 Å². The van der Waals surface area contributed by atoms with E-state index in [2.05, 4.69) is 45.4 Å². The molecule has 5 heteroatoms. The van der Waals surface area contributed by atoms with E-state index in [0.717, 1.165) is 31.3 Å². The lowest BCUT2D eigenvalue weighted by Gasteiger charge is -2.14. The Morgan fingerprint density at radius 1 is 1.29 bits per heavy atom. The van der Waals surface area contributed by atoms with Gasteiger partial charge in [-0.2, -0.15) is 0 Å². The average Bonchev–Trinajstić information content (AvgIpc) is 2.45. The Kier molecular flexibility index (Phi) is 6.32. The SMILES string of the molecule is CCCOc1ccc(C(Cl)c2ccc(F)cc2I)cc1Br. The van der Waals surface area contributed by atoms with Gasteiger partial charge in [0.2, 0.25) is 0 Å². The van der Waals surface area contributed by atoms with Crippen LogP contribution in [0.3, 0.4) is 0 Å². The monoisotopic (exact) mass is 482 g/mol. The van der Waals surface area contributed by atoms with Crippen LogP contribution in [0, 0.1) is 9.39 Å². The first-order chi connectivity index (χ1) is 10.0. The summed E-state index contributed by atoms with van der Waals surface area (Å²) in [7, 11) is 0. The van der Waals surface area contributed by atoms with Gasteiger partial charge in [0.1, 0.15) is 11.6 Å². The standard InChI is InChI=1S/C16H14BrClFIO/c1-2-7-21-15-6-3-10(8-13(15)17)16(18)12-5-4-11(19)9-14(12)20/h3-6,8-9,16H,2,7H2,1H3. The molecule has 0 spiro atoms. The third-order valence-corrected chi connectivity index (χ3v) is 4.99. The fourth-order valence-electron chi connectivity index (χ4n) is 1.89. The topological polar surface area (TPSA) is 9.23 Å². The minimum atomic E-state index is -0.325. The summed E-state index contributed by atoms with van der Waals surface area (Å²) in [6.45, 7) is 2.74. The highest BCUT2D eigenvalue weighted by atomic mass is 127. The molecule has 0 saturated heterocycles. The average molecular weight is 484 g/mol. The molecule has 0 aromatic heterocycles. The molecule has 0 saturated carbocycles. The van der Waals surface area contributed by atoms with Crippen LogP contribution in [-0.2, 0) is 0 Å². The van der Waals surface area contributed by atoms with E-state index in [9.17, 15) is 4.39 Å². The highest BCUT2D eigenvalue weighted by molar-refractivity contribution is 14.1. The molecule has 2 aromatic carbocycles. The maximum Gasteiger partial charge on any atom is 0.133 e. The first kappa shape index (κ1) is 17.0. The molecule has 0 amide bonds. The zero-order chi connectivity index (χ0) is 15.4. The molecule has 0 fully saturated rings. The zero-order valence-electron chi connectivity index (χ0n) is 11.4. The zero-order valence-corrected chi connectivity index (χ0v) is 15.9. The molecule has 0 heterocycles. The van der Waals surface area contributed by atoms with E-state index in [4.69, 9.17) is 16.3 Å². The quantitative estimate of drug-likeness (QED) is 0.358. The molecule has 0 radical (unpaired) electrons. The third-order valence-electron chi connectivity index (χ3n) is 2.95. The molecule has 0 bridgehead atoms. The molecule has 2 rings (SSSR count). The predicted molar refractivity (Wildman–Crippen MR) is 96.7 cm³/mol. The molecule has 1 unspecified atom stereocenters. The van der Waals surface area contributed by atoms with E-state index < -0.39 is 0 Å². The van der Waals surface area contributed by atoms with E-state index in [-0.39, 0.29) is 11.2 Å². The van der Waals surface area contributed by atoms with Crippen LogP contribution in [0.4, 0.5) is 4.39 Å². The van der Waals surface area contributed by atoms with Crippen molar-refractivity contribution in [2.45, 2.75) is 18.7 Å². The molecule has 21 heavy (non-hydrogen) atoms. The summed E-state index contributed by atoms with van der Waals surface area (Å²) >= 11 is 12.1. The molecular formula is C16H14BrClFIO. The number of alkyl halides is 1. The van der Waals surface area contributed by atoms with Gasteiger partial charge in [-0.25, -0.2) is 4.39 Å². The van der Waals surface area contributed by atoms with Gasteiger partial charge in [0.15, 0.2) is 0 Å². The smallest absolute Gasteiger partial charge is 0.133 e. The Balaban J connectivity index is 2.27. The number of hydrogen-bond acceptors (Lipinski definition) is 1. The maximum absolute atomic E-state index is 13.2. The number of rotatable bonds is 5. The van der Waals surface area contributed by atoms with E-state index in [1.54, 1.807) is 6.07 Å². The molecule has 2 aromatic rings. The summed E-state index contributed by atoms with van der Waals surface area (Å²) in [5, 5.41) is -0.325. The number of benzene rings is 2. The van der Waals surface area contributed by atoms with Crippen molar-refractivity contribution in [2.75, 3.05) is 6.61 Å². The minimum Gasteiger partial charge on any atom is -0.492 e. The molecule has 0 N–H and O–H groups in total. The van der Waals surface area contributed by atoms with Gasteiger partial charge in [-0.3, -0.25) is 0 Å². The van der Waals surface area contributed by atoms with Crippen LogP contribution in [0.2, 0.25) is 0 Å². The van der Waals surface area contributed by atoms with Gasteiger partial charge in [0, 0.05) is 3.57 Å². The van der Waals surface area contributed by atoms with Gasteiger partial charge >= 0.3 is 0 Å². The second kappa shape index (κ2) is 7.79. The van der Waals surface area contributed by atoms with Crippen LogP contribution < -0.4 is 4.74 Å². The fourth-order valence-corrected chi connectivity index (χ4v) is 3.70. The maximum atomic E-state index is 13.2. The lowest BCUT2D eigenvalue weighted by molar-refractivity contribution is 0.315. The van der Waals surface area contributed by atoms with Crippen LogP contribution in [-0.4, -0.2) is 6.61 Å². The first-order valence-corrected chi connectivity index (χ1v) is 8.85. The lowest BCUT2D eigenvalue weighted by Crippen LogP contribution is -1.99. The fraction of sp³-hybridized carbons (Fsp3) is 0.250. The Morgan fingerprint density at radius 3 is 2.67 bits per heavy atom. The summed E-state index contributed by atoms with van der Waals surface area (Å²) in [4.78, 5) is 0. The number of hydrogen-bond donors (Lipinski definition) is 0. The van der Waals surface area contributed by atoms with E-state index in [0.29, 0.717) is 6.61 Å². The first-order valence-electron chi connectivity index (χ1n) is 6.54. The van der Waals surface area contributed by atoms with Gasteiger partial charge in [0.05, 0.1) is 16.5 Å².